The molecule has 0 saturated heterocycles. The minimum absolute atomic E-state index is 2.04. The normalized spacial score (nSPS) is 20.5. The van der Waals surface area contributed by atoms with Gasteiger partial charge in [-0.05, 0) is 0 Å². The highest BCUT2D eigenvalue weighted by Crippen LogP contribution is 2.50. The van der Waals surface area contributed by atoms with E-state index < -0.39 is 35.3 Å². The maximum atomic E-state index is 12.6. The Hall–Kier alpha value is -0.160. The van der Waals surface area contributed by atoms with Gasteiger partial charge in [0.1, 0.15) is 0 Å². The van der Waals surface area contributed by atoms with Gasteiger partial charge in [0, 0.05) is 0 Å². The van der Waals surface area contributed by atoms with Crippen molar-refractivity contribution in [1.82, 2.24) is 0 Å². The summed E-state index contributed by atoms with van der Waals surface area (Å²) in [6, 6.07) is 0. The van der Waals surface area contributed by atoms with Crippen molar-refractivity contribution >= 4 is 23.2 Å². The number of alkyl halides is 12. The topological polar surface area (TPSA) is 9.23 Å². The number of hydrogen-bond donors (Lipinski definition) is 0. The van der Waals surface area contributed by atoms with Gasteiger partial charge in [0.05, 0.1) is 0 Å². The quantitative estimate of drug-likeness (QED) is 0.505. The van der Waals surface area contributed by atoms with Crippen LogP contribution in [0.5, 0.6) is 0 Å². The molecule has 0 heterocycles. The molecule has 116 valence electrons. The molecule has 0 aromatic carbocycles. The molecule has 0 amide bonds. The van der Waals surface area contributed by atoms with E-state index in [-0.39, 0.29) is 0 Å². The standard InChI is InChI=1S/C6H2Cl2F10O/c7-3(13,1(9)10)5(15,16)19-6(17,18)4(8,14)2(11)12/h1-2H. The summed E-state index contributed by atoms with van der Waals surface area (Å²) in [4.78, 5) is 0. The van der Waals surface area contributed by atoms with Crippen LogP contribution in [0.25, 0.3) is 0 Å². The third-order valence-corrected chi connectivity index (χ3v) is 2.35. The lowest BCUT2D eigenvalue weighted by Crippen LogP contribution is -2.56. The van der Waals surface area contributed by atoms with Crippen molar-refractivity contribution in [2.24, 2.45) is 0 Å². The van der Waals surface area contributed by atoms with Crippen LogP contribution in [0, 0.1) is 0 Å². The fraction of sp³-hybridized carbons (Fsp3) is 1.00. The third-order valence-electron chi connectivity index (χ3n) is 1.58. The fourth-order valence-corrected chi connectivity index (χ4v) is 0.628. The monoisotopic (exact) mass is 350 g/mol. The van der Waals surface area contributed by atoms with Crippen molar-refractivity contribution in [2.45, 2.75) is 35.3 Å². The molecule has 2 atom stereocenters. The molecule has 0 aromatic heterocycles. The van der Waals surface area contributed by atoms with Crippen LogP contribution in [0.2, 0.25) is 0 Å². The summed E-state index contributed by atoms with van der Waals surface area (Å²) < 4.78 is 125. The molecule has 0 aliphatic carbocycles. The first-order valence-electron chi connectivity index (χ1n) is 3.87. The van der Waals surface area contributed by atoms with E-state index in [0.29, 0.717) is 0 Å². The smallest absolute Gasteiger partial charge is 0.248 e. The fourth-order valence-electron chi connectivity index (χ4n) is 0.551. The Bertz CT molecular complexity index is 287. The predicted molar refractivity (Wildman–Crippen MR) is 42.4 cm³/mol. The first-order valence-corrected chi connectivity index (χ1v) is 4.63. The zero-order chi connectivity index (χ0) is 15.9. The molecule has 0 rings (SSSR count). The molecular formula is C6H2Cl2F10O. The number of halogens is 12. The summed E-state index contributed by atoms with van der Waals surface area (Å²) in [7, 11) is 0. The molecule has 0 saturated carbocycles. The zero-order valence-corrected chi connectivity index (χ0v) is 9.61. The van der Waals surface area contributed by atoms with Gasteiger partial charge in [0.15, 0.2) is 0 Å². The van der Waals surface area contributed by atoms with E-state index in [0.717, 1.165) is 0 Å². The first-order chi connectivity index (χ1) is 8.09. The Kier molecular flexibility index (Phi) is 5.27. The largest absolute Gasteiger partial charge is 0.414 e. The van der Waals surface area contributed by atoms with Crippen LogP contribution in [-0.4, -0.2) is 35.3 Å². The molecule has 2 unspecified atom stereocenters. The van der Waals surface area contributed by atoms with Gasteiger partial charge in [-0.25, -0.2) is 31.1 Å². The molecule has 0 aromatic rings. The lowest BCUT2D eigenvalue weighted by molar-refractivity contribution is -0.431. The summed E-state index contributed by atoms with van der Waals surface area (Å²) in [5, 5.41) is -11.0. The van der Waals surface area contributed by atoms with E-state index in [9.17, 15) is 43.9 Å². The summed E-state index contributed by atoms with van der Waals surface area (Å²) in [5.41, 5.74) is 0. The molecule has 0 N–H and O–H groups in total. The molecule has 1 nitrogen and oxygen atoms in total. The van der Waals surface area contributed by atoms with Crippen molar-refractivity contribution in [3.05, 3.63) is 0 Å². The van der Waals surface area contributed by atoms with Gasteiger partial charge in [-0.2, -0.15) is 17.6 Å². The summed E-state index contributed by atoms with van der Waals surface area (Å²) in [5.74, 6) is 0. The predicted octanol–water partition coefficient (Wildman–Crippen LogP) is 4.53. The second kappa shape index (κ2) is 5.32. The Morgan fingerprint density at radius 1 is 0.632 bits per heavy atom. The molecule has 0 aliphatic heterocycles. The maximum Gasteiger partial charge on any atom is 0.414 e. The zero-order valence-electron chi connectivity index (χ0n) is 8.10. The highest BCUT2D eigenvalue weighted by molar-refractivity contribution is 6.24. The summed E-state index contributed by atoms with van der Waals surface area (Å²) in [6.45, 7) is 0. The minimum atomic E-state index is -6.21. The van der Waals surface area contributed by atoms with E-state index in [2.05, 4.69) is 23.2 Å². The first kappa shape index (κ1) is 18.8. The highest BCUT2D eigenvalue weighted by Gasteiger charge is 2.72. The van der Waals surface area contributed by atoms with Crippen molar-refractivity contribution in [2.75, 3.05) is 0 Å². The molecule has 13 heteroatoms. The molecule has 0 radical (unpaired) electrons. The second-order valence-corrected chi connectivity index (χ2v) is 4.08. The highest BCUT2D eigenvalue weighted by atomic mass is 35.5. The van der Waals surface area contributed by atoms with Crippen molar-refractivity contribution in [3.8, 4) is 0 Å². The van der Waals surface area contributed by atoms with E-state index in [1.807, 2.05) is 4.74 Å². The Balaban J connectivity index is 5.34. The number of hydrogen-bond acceptors (Lipinski definition) is 1. The van der Waals surface area contributed by atoms with Gasteiger partial charge in [0.25, 0.3) is 12.9 Å². The van der Waals surface area contributed by atoms with Crippen molar-refractivity contribution in [3.63, 3.8) is 0 Å². The van der Waals surface area contributed by atoms with Gasteiger partial charge in [-0.1, -0.05) is 23.2 Å². The van der Waals surface area contributed by atoms with Gasteiger partial charge in [0.2, 0.25) is 0 Å². The van der Waals surface area contributed by atoms with Crippen LogP contribution < -0.4 is 0 Å². The Labute approximate surface area is 108 Å². The van der Waals surface area contributed by atoms with E-state index in [1.165, 1.54) is 0 Å². The van der Waals surface area contributed by atoms with Gasteiger partial charge < -0.3 is 0 Å². The lowest BCUT2D eigenvalue weighted by atomic mass is 10.3. The summed E-state index contributed by atoms with van der Waals surface area (Å²) in [6.07, 6.45) is -21.9. The van der Waals surface area contributed by atoms with E-state index in [4.69, 9.17) is 0 Å². The van der Waals surface area contributed by atoms with E-state index in [1.54, 1.807) is 0 Å². The Morgan fingerprint density at radius 2 is 0.842 bits per heavy atom. The third kappa shape index (κ3) is 3.48. The van der Waals surface area contributed by atoms with Gasteiger partial charge in [-0.15, -0.1) is 0 Å². The molecule has 19 heavy (non-hydrogen) atoms. The molecule has 0 aliphatic rings. The van der Waals surface area contributed by atoms with Crippen LogP contribution in [0.4, 0.5) is 43.9 Å². The van der Waals surface area contributed by atoms with Crippen LogP contribution in [0.3, 0.4) is 0 Å². The maximum absolute atomic E-state index is 12.6. The summed E-state index contributed by atoms with van der Waals surface area (Å²) >= 11 is 7.84. The molecular weight excluding hydrogens is 349 g/mol. The SMILES string of the molecule is FC(F)C(F)(Cl)C(F)(F)OC(F)(F)C(F)(Cl)C(F)F. The van der Waals surface area contributed by atoms with Crippen LogP contribution >= 0.6 is 23.2 Å². The average molecular weight is 351 g/mol. The van der Waals surface area contributed by atoms with Crippen LogP contribution in [-0.2, 0) is 4.74 Å². The van der Waals surface area contributed by atoms with Crippen molar-refractivity contribution in [1.29, 1.82) is 0 Å². The number of rotatable bonds is 6. The molecule has 0 spiro atoms. The minimum Gasteiger partial charge on any atom is -0.248 e. The molecule has 0 bridgehead atoms. The Morgan fingerprint density at radius 3 is 1.00 bits per heavy atom. The van der Waals surface area contributed by atoms with Crippen molar-refractivity contribution < 1.29 is 48.6 Å². The van der Waals surface area contributed by atoms with Gasteiger partial charge in [-0.3, -0.25) is 0 Å². The van der Waals surface area contributed by atoms with Gasteiger partial charge >= 0.3 is 22.5 Å². The molecule has 0 fully saturated rings. The van der Waals surface area contributed by atoms with Crippen LogP contribution in [0.1, 0.15) is 0 Å². The number of ether oxygens (including phenoxy) is 1. The van der Waals surface area contributed by atoms with Crippen LogP contribution in [0.15, 0.2) is 0 Å². The second-order valence-electron chi connectivity index (χ2n) is 2.98. The average Bonchev–Trinajstić information content (AvgIpc) is 2.14. The lowest BCUT2D eigenvalue weighted by Gasteiger charge is -2.33. The van der Waals surface area contributed by atoms with E-state index >= 15 is 0 Å².